The Kier molecular flexibility index (Phi) is 6.29. The molecule has 0 aromatic heterocycles. The molecule has 0 aliphatic carbocycles. The Bertz CT molecular complexity index is 161. The van der Waals surface area contributed by atoms with Crippen LogP contribution >= 0.6 is 0 Å². The summed E-state index contributed by atoms with van der Waals surface area (Å²) in [5.74, 6) is 0.322. The standard InChI is InChI=1S/C11H20O2/c1-5-6-7-10(4)11(12)13-8-9(2)3/h5,9-10H,1,6-8H2,2-4H3. The third-order valence-corrected chi connectivity index (χ3v) is 1.77. The van der Waals surface area contributed by atoms with Gasteiger partial charge in [0.1, 0.15) is 0 Å². The molecule has 13 heavy (non-hydrogen) atoms. The zero-order valence-corrected chi connectivity index (χ0v) is 8.88. The quantitative estimate of drug-likeness (QED) is 0.468. The van der Waals surface area contributed by atoms with E-state index in [1.165, 1.54) is 0 Å². The average Bonchev–Trinajstić information content (AvgIpc) is 2.10. The van der Waals surface area contributed by atoms with Gasteiger partial charge in [-0.15, -0.1) is 6.58 Å². The van der Waals surface area contributed by atoms with Crippen molar-refractivity contribution in [3.8, 4) is 0 Å². The minimum absolute atomic E-state index is 0.00301. The van der Waals surface area contributed by atoms with E-state index in [9.17, 15) is 4.79 Å². The number of carbonyl (C=O) groups is 1. The SMILES string of the molecule is C=CCCC(C)C(=O)OCC(C)C. The number of esters is 1. The van der Waals surface area contributed by atoms with Gasteiger partial charge in [-0.05, 0) is 18.8 Å². The Morgan fingerprint density at radius 2 is 2.08 bits per heavy atom. The van der Waals surface area contributed by atoms with Crippen molar-refractivity contribution in [1.82, 2.24) is 0 Å². The summed E-state index contributed by atoms with van der Waals surface area (Å²) in [6.07, 6.45) is 3.53. The van der Waals surface area contributed by atoms with Crippen LogP contribution in [0.4, 0.5) is 0 Å². The van der Waals surface area contributed by atoms with Crippen LogP contribution in [-0.2, 0) is 9.53 Å². The molecule has 0 aromatic carbocycles. The predicted octanol–water partition coefficient (Wildman–Crippen LogP) is 2.79. The van der Waals surface area contributed by atoms with Gasteiger partial charge in [-0.25, -0.2) is 0 Å². The maximum atomic E-state index is 11.3. The Morgan fingerprint density at radius 1 is 1.46 bits per heavy atom. The molecule has 0 radical (unpaired) electrons. The molecule has 0 aliphatic heterocycles. The Labute approximate surface area is 81.0 Å². The van der Waals surface area contributed by atoms with Crippen LogP contribution in [0.1, 0.15) is 33.6 Å². The molecule has 0 saturated heterocycles. The van der Waals surface area contributed by atoms with Gasteiger partial charge >= 0.3 is 5.97 Å². The summed E-state index contributed by atoms with van der Waals surface area (Å²) >= 11 is 0. The molecule has 2 nitrogen and oxygen atoms in total. The molecule has 0 rings (SSSR count). The van der Waals surface area contributed by atoms with Gasteiger partial charge in [0.15, 0.2) is 0 Å². The first-order valence-electron chi connectivity index (χ1n) is 4.85. The predicted molar refractivity (Wildman–Crippen MR) is 54.4 cm³/mol. The fourth-order valence-electron chi connectivity index (χ4n) is 0.877. The minimum Gasteiger partial charge on any atom is -0.465 e. The fraction of sp³-hybridized carbons (Fsp3) is 0.727. The largest absolute Gasteiger partial charge is 0.465 e. The second-order valence-electron chi connectivity index (χ2n) is 3.79. The number of allylic oxidation sites excluding steroid dienone is 1. The molecule has 0 amide bonds. The van der Waals surface area contributed by atoms with E-state index in [0.717, 1.165) is 12.8 Å². The number of rotatable bonds is 6. The minimum atomic E-state index is -0.0875. The van der Waals surface area contributed by atoms with Crippen LogP contribution in [0.2, 0.25) is 0 Å². The van der Waals surface area contributed by atoms with E-state index in [2.05, 4.69) is 6.58 Å². The summed E-state index contributed by atoms with van der Waals surface area (Å²) in [7, 11) is 0. The average molecular weight is 184 g/mol. The summed E-state index contributed by atoms with van der Waals surface area (Å²) in [6, 6.07) is 0. The van der Waals surface area contributed by atoms with Gasteiger partial charge in [-0.2, -0.15) is 0 Å². The molecule has 0 fully saturated rings. The van der Waals surface area contributed by atoms with Crippen LogP contribution in [0.15, 0.2) is 12.7 Å². The van der Waals surface area contributed by atoms with Gasteiger partial charge in [-0.1, -0.05) is 26.8 Å². The summed E-state index contributed by atoms with van der Waals surface area (Å²) in [4.78, 5) is 11.3. The Morgan fingerprint density at radius 3 is 2.54 bits per heavy atom. The van der Waals surface area contributed by atoms with Crippen LogP contribution in [0, 0.1) is 11.8 Å². The monoisotopic (exact) mass is 184 g/mol. The molecule has 76 valence electrons. The number of hydrogen-bond donors (Lipinski definition) is 0. The topological polar surface area (TPSA) is 26.3 Å². The molecule has 0 heterocycles. The first-order valence-corrected chi connectivity index (χ1v) is 4.85. The van der Waals surface area contributed by atoms with Crippen molar-refractivity contribution < 1.29 is 9.53 Å². The highest BCUT2D eigenvalue weighted by Crippen LogP contribution is 2.08. The van der Waals surface area contributed by atoms with E-state index in [-0.39, 0.29) is 11.9 Å². The van der Waals surface area contributed by atoms with Crippen LogP contribution in [-0.4, -0.2) is 12.6 Å². The van der Waals surface area contributed by atoms with Gasteiger partial charge in [0.05, 0.1) is 12.5 Å². The van der Waals surface area contributed by atoms with Gasteiger partial charge in [0, 0.05) is 0 Å². The second-order valence-corrected chi connectivity index (χ2v) is 3.79. The van der Waals surface area contributed by atoms with Gasteiger partial charge < -0.3 is 4.74 Å². The third kappa shape index (κ3) is 6.38. The Balaban J connectivity index is 3.62. The number of ether oxygens (including phenoxy) is 1. The van der Waals surface area contributed by atoms with Crippen molar-refractivity contribution in [2.24, 2.45) is 11.8 Å². The van der Waals surface area contributed by atoms with Gasteiger partial charge in [0.2, 0.25) is 0 Å². The molecule has 0 bridgehead atoms. The summed E-state index contributed by atoms with van der Waals surface area (Å²) in [5, 5.41) is 0. The third-order valence-electron chi connectivity index (χ3n) is 1.77. The highest BCUT2D eigenvalue weighted by molar-refractivity contribution is 5.71. The van der Waals surface area contributed by atoms with E-state index in [4.69, 9.17) is 4.74 Å². The first-order chi connectivity index (χ1) is 6.07. The summed E-state index contributed by atoms with van der Waals surface area (Å²) in [6.45, 7) is 10.1. The molecule has 1 unspecified atom stereocenters. The lowest BCUT2D eigenvalue weighted by atomic mass is 10.1. The zero-order chi connectivity index (χ0) is 10.3. The lowest BCUT2D eigenvalue weighted by molar-refractivity contribution is -0.149. The highest BCUT2D eigenvalue weighted by atomic mass is 16.5. The first kappa shape index (κ1) is 12.2. The smallest absolute Gasteiger partial charge is 0.308 e. The normalized spacial score (nSPS) is 12.6. The summed E-state index contributed by atoms with van der Waals surface area (Å²) in [5.41, 5.74) is 0. The molecule has 0 saturated carbocycles. The van der Waals surface area contributed by atoms with Gasteiger partial charge in [-0.3, -0.25) is 4.79 Å². The maximum absolute atomic E-state index is 11.3. The van der Waals surface area contributed by atoms with Crippen molar-refractivity contribution >= 4 is 5.97 Å². The van der Waals surface area contributed by atoms with E-state index in [0.29, 0.717) is 12.5 Å². The van der Waals surface area contributed by atoms with Crippen LogP contribution in [0.5, 0.6) is 0 Å². The zero-order valence-electron chi connectivity index (χ0n) is 8.88. The molecule has 1 atom stereocenters. The lowest BCUT2D eigenvalue weighted by Crippen LogP contribution is -2.17. The molecule has 0 N–H and O–H groups in total. The molecular weight excluding hydrogens is 164 g/mol. The molecule has 0 aliphatic rings. The van der Waals surface area contributed by atoms with E-state index < -0.39 is 0 Å². The van der Waals surface area contributed by atoms with Crippen molar-refractivity contribution in [1.29, 1.82) is 0 Å². The lowest BCUT2D eigenvalue weighted by Gasteiger charge is -2.11. The van der Waals surface area contributed by atoms with Crippen molar-refractivity contribution in [2.75, 3.05) is 6.61 Å². The maximum Gasteiger partial charge on any atom is 0.308 e. The number of carbonyl (C=O) groups excluding carboxylic acids is 1. The number of hydrogen-bond acceptors (Lipinski definition) is 2. The molecule has 2 heteroatoms. The van der Waals surface area contributed by atoms with Crippen molar-refractivity contribution in [3.05, 3.63) is 12.7 Å². The van der Waals surface area contributed by atoms with E-state index in [1.54, 1.807) is 0 Å². The van der Waals surface area contributed by atoms with E-state index in [1.807, 2.05) is 26.8 Å². The second kappa shape index (κ2) is 6.70. The molecule has 0 aromatic rings. The van der Waals surface area contributed by atoms with Crippen LogP contribution in [0.25, 0.3) is 0 Å². The van der Waals surface area contributed by atoms with Crippen LogP contribution < -0.4 is 0 Å². The Hall–Kier alpha value is -0.790. The highest BCUT2D eigenvalue weighted by Gasteiger charge is 2.13. The van der Waals surface area contributed by atoms with E-state index >= 15 is 0 Å². The molecule has 0 spiro atoms. The fourth-order valence-corrected chi connectivity index (χ4v) is 0.877. The van der Waals surface area contributed by atoms with Crippen LogP contribution in [0.3, 0.4) is 0 Å². The van der Waals surface area contributed by atoms with Crippen molar-refractivity contribution in [3.63, 3.8) is 0 Å². The summed E-state index contributed by atoms with van der Waals surface area (Å²) < 4.78 is 5.09. The van der Waals surface area contributed by atoms with Crippen molar-refractivity contribution in [2.45, 2.75) is 33.6 Å². The van der Waals surface area contributed by atoms with Gasteiger partial charge in [0.25, 0.3) is 0 Å². The molecular formula is C11H20O2.